The molecule has 1 aliphatic rings. The molecule has 1 aromatic rings. The molecule has 0 N–H and O–H groups in total. The topological polar surface area (TPSA) is 42.4 Å². The van der Waals surface area contributed by atoms with E-state index in [1.165, 1.54) is 5.56 Å². The highest BCUT2D eigenvalue weighted by atomic mass is 19.0. The zero-order valence-corrected chi connectivity index (χ0v) is 11.8. The lowest BCUT2D eigenvalue weighted by Gasteiger charge is -2.39. The van der Waals surface area contributed by atoms with Gasteiger partial charge in [0, 0.05) is 30.9 Å². The molecule has 1 saturated heterocycles. The Morgan fingerprint density at radius 2 is 2.00 bits per heavy atom. The van der Waals surface area contributed by atoms with E-state index in [2.05, 4.69) is 11.1 Å². The monoisotopic (exact) mass is 268 g/mol. The van der Waals surface area contributed by atoms with Crippen molar-refractivity contribution < 1.29 is 14.2 Å². The third-order valence-electron chi connectivity index (χ3n) is 2.94. The fourth-order valence-corrected chi connectivity index (χ4v) is 1.89. The standard InChI is InChI=1S/C14H20N2O2.FH/c1-10-5-6-11(7-15-10)12-8-16(9-12)13(17)18-14(2,3)4;/h5-7,12H,8-9H2,1-4H3;1H. The summed E-state index contributed by atoms with van der Waals surface area (Å²) in [6.45, 7) is 9.06. The van der Waals surface area contributed by atoms with Crippen molar-refractivity contribution in [1.82, 2.24) is 9.88 Å². The molecule has 1 amide bonds. The first-order valence-electron chi connectivity index (χ1n) is 6.25. The number of aryl methyl sites for hydroxylation is 1. The third-order valence-corrected chi connectivity index (χ3v) is 2.94. The lowest BCUT2D eigenvalue weighted by molar-refractivity contribution is 0.00816. The van der Waals surface area contributed by atoms with Crippen molar-refractivity contribution in [2.45, 2.75) is 39.2 Å². The normalized spacial score (nSPS) is 15.5. The van der Waals surface area contributed by atoms with Crippen molar-refractivity contribution >= 4 is 6.09 Å². The van der Waals surface area contributed by atoms with E-state index in [4.69, 9.17) is 4.74 Å². The Morgan fingerprint density at radius 1 is 1.37 bits per heavy atom. The highest BCUT2D eigenvalue weighted by molar-refractivity contribution is 5.69. The molecular formula is C14H21FN2O2. The number of halogens is 1. The molecule has 0 saturated carbocycles. The predicted octanol–water partition coefficient (Wildman–Crippen LogP) is 2.88. The summed E-state index contributed by atoms with van der Waals surface area (Å²) in [6, 6.07) is 4.09. The second-order valence-electron chi connectivity index (χ2n) is 5.82. The highest BCUT2D eigenvalue weighted by Crippen LogP contribution is 2.27. The average Bonchev–Trinajstić information content (AvgIpc) is 2.15. The molecule has 0 aromatic carbocycles. The summed E-state index contributed by atoms with van der Waals surface area (Å²) < 4.78 is 5.32. The largest absolute Gasteiger partial charge is 0.444 e. The number of hydrogen-bond acceptors (Lipinski definition) is 3. The van der Waals surface area contributed by atoms with Crippen LogP contribution in [0.25, 0.3) is 0 Å². The predicted molar refractivity (Wildman–Crippen MR) is 72.0 cm³/mol. The van der Waals surface area contributed by atoms with Crippen molar-refractivity contribution in [1.29, 1.82) is 0 Å². The summed E-state index contributed by atoms with van der Waals surface area (Å²) in [7, 11) is 0. The van der Waals surface area contributed by atoms with Gasteiger partial charge in [0.15, 0.2) is 0 Å². The SMILES string of the molecule is Cc1ccc(C2CN(C(=O)OC(C)(C)C)C2)cn1.F. The van der Waals surface area contributed by atoms with Gasteiger partial charge in [0.2, 0.25) is 0 Å². The smallest absolute Gasteiger partial charge is 0.410 e. The fraction of sp³-hybridized carbons (Fsp3) is 0.571. The molecular weight excluding hydrogens is 247 g/mol. The molecule has 106 valence electrons. The average molecular weight is 268 g/mol. The Hall–Kier alpha value is -1.65. The van der Waals surface area contributed by atoms with Gasteiger partial charge in [0.1, 0.15) is 5.60 Å². The lowest BCUT2D eigenvalue weighted by atomic mass is 9.93. The molecule has 1 aromatic heterocycles. The van der Waals surface area contributed by atoms with Crippen molar-refractivity contribution in [3.8, 4) is 0 Å². The van der Waals surface area contributed by atoms with E-state index < -0.39 is 5.60 Å². The number of carbonyl (C=O) groups excluding carboxylic acids is 1. The van der Waals surface area contributed by atoms with E-state index in [1.54, 1.807) is 4.90 Å². The van der Waals surface area contributed by atoms with Crippen LogP contribution in [0.2, 0.25) is 0 Å². The van der Waals surface area contributed by atoms with Crippen molar-refractivity contribution in [2.24, 2.45) is 0 Å². The van der Waals surface area contributed by atoms with Crippen molar-refractivity contribution in [3.63, 3.8) is 0 Å². The summed E-state index contributed by atoms with van der Waals surface area (Å²) >= 11 is 0. The summed E-state index contributed by atoms with van der Waals surface area (Å²) in [4.78, 5) is 17.8. The maximum Gasteiger partial charge on any atom is 0.410 e. The highest BCUT2D eigenvalue weighted by Gasteiger charge is 2.34. The number of carbonyl (C=O) groups is 1. The number of aromatic nitrogens is 1. The number of hydrogen-bond donors (Lipinski definition) is 0. The number of nitrogens with zero attached hydrogens (tertiary/aromatic N) is 2. The van der Waals surface area contributed by atoms with Gasteiger partial charge in [-0.3, -0.25) is 9.69 Å². The van der Waals surface area contributed by atoms with Crippen LogP contribution in [0.15, 0.2) is 18.3 Å². The van der Waals surface area contributed by atoms with Crippen LogP contribution in [-0.4, -0.2) is 34.7 Å². The van der Waals surface area contributed by atoms with Crippen LogP contribution in [0, 0.1) is 6.92 Å². The zero-order valence-electron chi connectivity index (χ0n) is 11.8. The van der Waals surface area contributed by atoms with E-state index in [9.17, 15) is 4.79 Å². The van der Waals surface area contributed by atoms with Crippen LogP contribution in [0.5, 0.6) is 0 Å². The van der Waals surface area contributed by atoms with E-state index in [0.29, 0.717) is 5.92 Å². The molecule has 0 unspecified atom stereocenters. The van der Waals surface area contributed by atoms with Crippen molar-refractivity contribution in [3.05, 3.63) is 29.6 Å². The van der Waals surface area contributed by atoms with E-state index in [-0.39, 0.29) is 10.8 Å². The van der Waals surface area contributed by atoms with Gasteiger partial charge in [-0.15, -0.1) is 0 Å². The minimum absolute atomic E-state index is 0. The quantitative estimate of drug-likeness (QED) is 0.786. The Labute approximate surface area is 113 Å². The maximum atomic E-state index is 11.8. The van der Waals surface area contributed by atoms with Crippen LogP contribution in [0.4, 0.5) is 9.50 Å². The molecule has 2 rings (SSSR count). The molecule has 0 atom stereocenters. The van der Waals surface area contributed by atoms with Gasteiger partial charge in [0.05, 0.1) is 0 Å². The molecule has 1 fully saturated rings. The number of ether oxygens (including phenoxy) is 1. The molecule has 0 aliphatic carbocycles. The maximum absolute atomic E-state index is 11.8. The summed E-state index contributed by atoms with van der Waals surface area (Å²) in [5.74, 6) is 0.394. The first-order chi connectivity index (χ1) is 8.35. The number of amides is 1. The number of likely N-dealkylation sites (tertiary alicyclic amines) is 1. The second kappa shape index (κ2) is 5.55. The minimum Gasteiger partial charge on any atom is -0.444 e. The van der Waals surface area contributed by atoms with Gasteiger partial charge in [-0.05, 0) is 39.3 Å². The van der Waals surface area contributed by atoms with Gasteiger partial charge in [-0.2, -0.15) is 0 Å². The molecule has 1 aliphatic heterocycles. The van der Waals surface area contributed by atoms with Crippen LogP contribution >= 0.6 is 0 Å². The van der Waals surface area contributed by atoms with Crippen LogP contribution < -0.4 is 0 Å². The lowest BCUT2D eigenvalue weighted by Crippen LogP contribution is -2.50. The van der Waals surface area contributed by atoms with Crippen LogP contribution in [-0.2, 0) is 4.74 Å². The Balaban J connectivity index is 0.00000180. The minimum atomic E-state index is -0.423. The van der Waals surface area contributed by atoms with E-state index in [0.717, 1.165) is 18.8 Å². The summed E-state index contributed by atoms with van der Waals surface area (Å²) in [5.41, 5.74) is 1.79. The number of pyridine rings is 1. The molecule has 5 heteroatoms. The van der Waals surface area contributed by atoms with Gasteiger partial charge in [-0.25, -0.2) is 4.79 Å². The molecule has 19 heavy (non-hydrogen) atoms. The van der Waals surface area contributed by atoms with Gasteiger partial charge in [0.25, 0.3) is 0 Å². The van der Waals surface area contributed by atoms with Crippen LogP contribution in [0.1, 0.15) is 37.9 Å². The fourth-order valence-electron chi connectivity index (χ4n) is 1.89. The first-order valence-corrected chi connectivity index (χ1v) is 6.25. The Kier molecular flexibility index (Phi) is 4.50. The third kappa shape index (κ3) is 3.91. The Bertz CT molecular complexity index is 434. The first kappa shape index (κ1) is 15.4. The van der Waals surface area contributed by atoms with E-state index in [1.807, 2.05) is 40.0 Å². The molecule has 4 nitrogen and oxygen atoms in total. The van der Waals surface area contributed by atoms with Gasteiger partial charge < -0.3 is 9.64 Å². The Morgan fingerprint density at radius 3 is 2.47 bits per heavy atom. The van der Waals surface area contributed by atoms with Gasteiger partial charge in [-0.1, -0.05) is 6.07 Å². The zero-order chi connectivity index (χ0) is 13.3. The number of rotatable bonds is 1. The van der Waals surface area contributed by atoms with Crippen LogP contribution in [0.3, 0.4) is 0 Å². The molecule has 0 radical (unpaired) electrons. The molecule has 0 bridgehead atoms. The summed E-state index contributed by atoms with van der Waals surface area (Å²) in [6.07, 6.45) is 1.67. The summed E-state index contributed by atoms with van der Waals surface area (Å²) in [5, 5.41) is 0. The molecule has 0 spiro atoms. The second-order valence-corrected chi connectivity index (χ2v) is 5.82. The van der Waals surface area contributed by atoms with Crippen molar-refractivity contribution in [2.75, 3.05) is 13.1 Å². The van der Waals surface area contributed by atoms with E-state index >= 15 is 0 Å². The van der Waals surface area contributed by atoms with Gasteiger partial charge >= 0.3 is 6.09 Å². The molecule has 2 heterocycles.